The molecule has 0 aliphatic rings. The van der Waals surface area contributed by atoms with Gasteiger partial charge in [0.05, 0.1) is 50.6 Å². The monoisotopic (exact) mass is 769 g/mol. The van der Waals surface area contributed by atoms with E-state index in [0.717, 1.165) is 66.9 Å². The number of hydrogen-bond acceptors (Lipinski definition) is 1. The van der Waals surface area contributed by atoms with Crippen LogP contribution in [0.15, 0.2) is 103 Å². The maximum Gasteiger partial charge on any atom is 0.135 e. The second kappa shape index (κ2) is 13.1. The van der Waals surface area contributed by atoms with E-state index in [1.54, 1.807) is 0 Å². The van der Waals surface area contributed by atoms with E-state index in [0.29, 0.717) is 16.9 Å². The standard InChI is InChI=1S/C53H53F2N3/c1-50(2,3)32-18-22-42-38(26-32)36-20-16-34(52(7,8)9)28-46(36)57(42)44-14-13-15-45(49(44)48-40(54)24-31(30-56)25-41(48)55)58-43-23-19-33(51(4,5)6)27-39(43)37-21-17-35(29-47(37)58)53(10,11)12/h13-29H,1-12H3. The second-order valence-corrected chi connectivity index (χ2v) is 20.2. The lowest BCUT2D eigenvalue weighted by Gasteiger charge is -2.23. The Kier molecular flexibility index (Phi) is 8.87. The Morgan fingerprint density at radius 3 is 1.14 bits per heavy atom. The molecule has 0 aliphatic heterocycles. The van der Waals surface area contributed by atoms with Crippen molar-refractivity contribution in [3.05, 3.63) is 143 Å². The van der Waals surface area contributed by atoms with Crippen molar-refractivity contribution in [1.29, 1.82) is 5.26 Å². The number of halogens is 2. The first-order chi connectivity index (χ1) is 27.1. The first-order valence-corrected chi connectivity index (χ1v) is 20.3. The van der Waals surface area contributed by atoms with Gasteiger partial charge in [-0.25, -0.2) is 8.78 Å². The maximum absolute atomic E-state index is 16.9. The number of hydrogen-bond donors (Lipinski definition) is 0. The average Bonchev–Trinajstić information content (AvgIpc) is 3.64. The molecule has 8 aromatic rings. The second-order valence-electron chi connectivity index (χ2n) is 20.2. The third-order valence-corrected chi connectivity index (χ3v) is 11.9. The Morgan fingerprint density at radius 2 is 0.776 bits per heavy atom. The van der Waals surface area contributed by atoms with Gasteiger partial charge in [-0.15, -0.1) is 0 Å². The summed E-state index contributed by atoms with van der Waals surface area (Å²) in [6, 6.07) is 36.6. The normalized spacial score (nSPS) is 13.0. The summed E-state index contributed by atoms with van der Waals surface area (Å²) in [5, 5.41) is 14.0. The van der Waals surface area contributed by atoms with Crippen molar-refractivity contribution in [3.63, 3.8) is 0 Å². The zero-order valence-corrected chi connectivity index (χ0v) is 35.9. The van der Waals surface area contributed by atoms with Crippen LogP contribution in [-0.2, 0) is 21.7 Å². The molecule has 294 valence electrons. The van der Waals surface area contributed by atoms with Gasteiger partial charge in [0, 0.05) is 27.1 Å². The van der Waals surface area contributed by atoms with Crippen LogP contribution in [0.3, 0.4) is 0 Å². The molecule has 0 saturated heterocycles. The van der Waals surface area contributed by atoms with Gasteiger partial charge in [-0.05, 0) is 105 Å². The molecule has 0 atom stereocenters. The molecule has 58 heavy (non-hydrogen) atoms. The minimum absolute atomic E-state index is 0.0689. The zero-order valence-electron chi connectivity index (χ0n) is 35.9. The summed E-state index contributed by atoms with van der Waals surface area (Å²) >= 11 is 0. The fourth-order valence-corrected chi connectivity index (χ4v) is 8.46. The Labute approximate surface area is 341 Å². The highest BCUT2D eigenvalue weighted by molar-refractivity contribution is 6.12. The van der Waals surface area contributed by atoms with Gasteiger partial charge in [0.15, 0.2) is 0 Å². The lowest BCUT2D eigenvalue weighted by molar-refractivity contribution is 0.588. The molecule has 3 nitrogen and oxygen atoms in total. The Balaban J connectivity index is 1.59. The van der Waals surface area contributed by atoms with Crippen LogP contribution in [-0.4, -0.2) is 9.13 Å². The van der Waals surface area contributed by atoms with E-state index in [2.05, 4.69) is 165 Å². The summed E-state index contributed by atoms with van der Waals surface area (Å²) in [7, 11) is 0. The SMILES string of the molecule is CC(C)(C)c1ccc2c(c1)c1ccc(C(C)(C)C)cc1n2-c1cccc(-n2c3ccc(C(C)(C)C)cc3c3ccc(C(C)(C)C)cc32)c1-c1c(F)cc(C#N)cc1F. The zero-order chi connectivity index (χ0) is 41.9. The van der Waals surface area contributed by atoms with Gasteiger partial charge in [0.25, 0.3) is 0 Å². The van der Waals surface area contributed by atoms with Crippen LogP contribution in [0, 0.1) is 23.0 Å². The number of fused-ring (bicyclic) bond motifs is 6. The minimum Gasteiger partial charge on any atom is -0.309 e. The fourth-order valence-electron chi connectivity index (χ4n) is 8.46. The number of benzene rings is 6. The third-order valence-electron chi connectivity index (χ3n) is 11.9. The molecule has 6 aromatic carbocycles. The van der Waals surface area contributed by atoms with E-state index in [1.165, 1.54) is 11.1 Å². The lowest BCUT2D eigenvalue weighted by Crippen LogP contribution is -2.12. The van der Waals surface area contributed by atoms with Crippen LogP contribution in [0.4, 0.5) is 8.78 Å². The summed E-state index contributed by atoms with van der Waals surface area (Å²) in [5.41, 5.74) is 9.44. The van der Waals surface area contributed by atoms with E-state index in [1.807, 2.05) is 24.3 Å². The van der Waals surface area contributed by atoms with Crippen molar-refractivity contribution in [2.45, 2.75) is 105 Å². The highest BCUT2D eigenvalue weighted by Crippen LogP contribution is 2.46. The Bertz CT molecular complexity index is 2820. The predicted octanol–water partition coefficient (Wildman–Crippen LogP) is 14.9. The summed E-state index contributed by atoms with van der Waals surface area (Å²) in [6.07, 6.45) is 0. The van der Waals surface area contributed by atoms with Gasteiger partial charge in [0.2, 0.25) is 0 Å². The molecule has 0 radical (unpaired) electrons. The topological polar surface area (TPSA) is 33.6 Å². The van der Waals surface area contributed by atoms with Crippen LogP contribution in [0.25, 0.3) is 66.1 Å². The Morgan fingerprint density at radius 1 is 0.414 bits per heavy atom. The summed E-state index contributed by atoms with van der Waals surface area (Å²) in [4.78, 5) is 0. The van der Waals surface area contributed by atoms with Gasteiger partial charge in [0.1, 0.15) is 11.6 Å². The fraction of sp³-hybridized carbons (Fsp3) is 0.302. The highest BCUT2D eigenvalue weighted by atomic mass is 19.1. The molecule has 0 saturated carbocycles. The van der Waals surface area contributed by atoms with Gasteiger partial charge in [-0.2, -0.15) is 5.26 Å². The minimum atomic E-state index is -0.789. The first kappa shape index (κ1) is 39.1. The van der Waals surface area contributed by atoms with E-state index >= 15 is 8.78 Å². The molecule has 2 aromatic heterocycles. The maximum atomic E-state index is 16.9. The molecule has 0 fully saturated rings. The molecule has 0 aliphatic carbocycles. The number of aromatic nitrogens is 2. The van der Waals surface area contributed by atoms with Gasteiger partial charge < -0.3 is 9.13 Å². The first-order valence-electron chi connectivity index (χ1n) is 20.3. The van der Waals surface area contributed by atoms with Crippen molar-refractivity contribution in [2.24, 2.45) is 0 Å². The van der Waals surface area contributed by atoms with Crippen LogP contribution >= 0.6 is 0 Å². The molecule has 2 heterocycles. The van der Waals surface area contributed by atoms with Crippen LogP contribution in [0.5, 0.6) is 0 Å². The molecule has 0 unspecified atom stereocenters. The lowest BCUT2D eigenvalue weighted by atomic mass is 9.85. The van der Waals surface area contributed by atoms with Crippen LogP contribution in [0.1, 0.15) is 111 Å². The van der Waals surface area contributed by atoms with Crippen molar-refractivity contribution in [3.8, 4) is 28.6 Å². The average molecular weight is 770 g/mol. The molecule has 8 rings (SSSR count). The van der Waals surface area contributed by atoms with E-state index in [9.17, 15) is 5.26 Å². The third kappa shape index (κ3) is 6.38. The summed E-state index contributed by atoms with van der Waals surface area (Å²) in [6.45, 7) is 26.5. The van der Waals surface area contributed by atoms with E-state index in [4.69, 9.17) is 0 Å². The van der Waals surface area contributed by atoms with Crippen molar-refractivity contribution < 1.29 is 8.78 Å². The largest absolute Gasteiger partial charge is 0.309 e. The van der Waals surface area contributed by atoms with Crippen LogP contribution < -0.4 is 0 Å². The van der Waals surface area contributed by atoms with E-state index in [-0.39, 0.29) is 32.8 Å². The molecule has 0 amide bonds. The smallest absolute Gasteiger partial charge is 0.135 e. The molecular weight excluding hydrogens is 717 g/mol. The number of nitrogens with zero attached hydrogens (tertiary/aromatic N) is 3. The predicted molar refractivity (Wildman–Crippen MR) is 240 cm³/mol. The van der Waals surface area contributed by atoms with Gasteiger partial charge in [-0.3, -0.25) is 0 Å². The van der Waals surface area contributed by atoms with E-state index < -0.39 is 11.6 Å². The summed E-state index contributed by atoms with van der Waals surface area (Å²) in [5.74, 6) is -1.58. The Hall–Kier alpha value is -5.73. The number of nitriles is 1. The van der Waals surface area contributed by atoms with Gasteiger partial charge >= 0.3 is 0 Å². The van der Waals surface area contributed by atoms with Gasteiger partial charge in [-0.1, -0.05) is 126 Å². The highest BCUT2D eigenvalue weighted by Gasteiger charge is 2.28. The van der Waals surface area contributed by atoms with Crippen molar-refractivity contribution in [1.82, 2.24) is 9.13 Å². The van der Waals surface area contributed by atoms with Crippen molar-refractivity contribution in [2.75, 3.05) is 0 Å². The van der Waals surface area contributed by atoms with Crippen LogP contribution in [0.2, 0.25) is 0 Å². The summed E-state index contributed by atoms with van der Waals surface area (Å²) < 4.78 is 38.1. The quantitative estimate of drug-likeness (QED) is 0.176. The van der Waals surface area contributed by atoms with Crippen molar-refractivity contribution >= 4 is 43.6 Å². The molecule has 0 spiro atoms. The molecular formula is C53H53F2N3. The molecule has 0 N–H and O–H groups in total. The molecule has 0 bridgehead atoms. The number of rotatable bonds is 3. The molecule has 5 heteroatoms.